The molecule has 0 spiro atoms. The number of aromatic nitrogens is 1. The van der Waals surface area contributed by atoms with Crippen LogP contribution in [0.4, 0.5) is 5.69 Å². The first kappa shape index (κ1) is 26.7. The number of carbonyl (C=O) groups is 1. The van der Waals surface area contributed by atoms with Gasteiger partial charge in [0.2, 0.25) is 0 Å². The highest BCUT2D eigenvalue weighted by atomic mass is 35.5. The molecule has 1 aromatic heterocycles. The molecular formula is C29H41ClN4O2. The zero-order valence-corrected chi connectivity index (χ0v) is 22.9. The third-order valence-electron chi connectivity index (χ3n) is 8.32. The normalized spacial score (nSPS) is 21.0. The summed E-state index contributed by atoms with van der Waals surface area (Å²) in [5.41, 5.74) is 4.37. The maximum Gasteiger partial charge on any atom is 0.253 e. The number of amides is 1. The van der Waals surface area contributed by atoms with Gasteiger partial charge >= 0.3 is 0 Å². The predicted molar refractivity (Wildman–Crippen MR) is 148 cm³/mol. The van der Waals surface area contributed by atoms with Gasteiger partial charge in [-0.05, 0) is 114 Å². The second-order valence-corrected chi connectivity index (χ2v) is 11.4. The van der Waals surface area contributed by atoms with Gasteiger partial charge < -0.3 is 20.9 Å². The van der Waals surface area contributed by atoms with Gasteiger partial charge in [0, 0.05) is 46.2 Å². The summed E-state index contributed by atoms with van der Waals surface area (Å²) in [6, 6.07) is 6.47. The van der Waals surface area contributed by atoms with Crippen LogP contribution in [0.3, 0.4) is 0 Å². The molecule has 7 heteroatoms. The average molecular weight is 513 g/mol. The van der Waals surface area contributed by atoms with Gasteiger partial charge in [0.05, 0.1) is 0 Å². The molecule has 0 saturated heterocycles. The van der Waals surface area contributed by atoms with Gasteiger partial charge in [-0.25, -0.2) is 0 Å². The number of halogens is 1. The smallest absolute Gasteiger partial charge is 0.253 e. The topological polar surface area (TPSA) is 86.0 Å². The molecule has 0 bridgehead atoms. The van der Waals surface area contributed by atoms with Gasteiger partial charge in [-0.15, -0.1) is 0 Å². The summed E-state index contributed by atoms with van der Waals surface area (Å²) in [5.74, 6) is 1.27. The summed E-state index contributed by atoms with van der Waals surface area (Å²) >= 11 is 6.43. The molecule has 36 heavy (non-hydrogen) atoms. The van der Waals surface area contributed by atoms with E-state index in [0.717, 1.165) is 28.4 Å². The quantitative estimate of drug-likeness (QED) is 0.350. The fraction of sp³-hybridized carbons (Fsp3) is 0.586. The zero-order chi connectivity index (χ0) is 25.8. The number of H-pyrrole nitrogens is 1. The summed E-state index contributed by atoms with van der Waals surface area (Å²) in [5, 5.41) is 10.9. The van der Waals surface area contributed by atoms with Crippen molar-refractivity contribution in [3.63, 3.8) is 0 Å². The lowest BCUT2D eigenvalue weighted by Gasteiger charge is -2.35. The summed E-state index contributed by atoms with van der Waals surface area (Å²) in [6.07, 6.45) is 9.05. The van der Waals surface area contributed by atoms with E-state index in [1.54, 1.807) is 6.07 Å². The van der Waals surface area contributed by atoms with Crippen LogP contribution in [0.2, 0.25) is 5.02 Å². The number of anilines is 1. The molecule has 0 aliphatic heterocycles. The molecule has 2 aromatic rings. The Morgan fingerprint density at radius 2 is 1.81 bits per heavy atom. The minimum atomic E-state index is -0.233. The number of hydrogen-bond donors (Lipinski definition) is 4. The van der Waals surface area contributed by atoms with Crippen LogP contribution >= 0.6 is 11.6 Å². The van der Waals surface area contributed by atoms with Gasteiger partial charge in [0.25, 0.3) is 11.5 Å². The molecule has 1 atom stereocenters. The number of aromatic amines is 1. The molecule has 2 aliphatic carbocycles. The summed E-state index contributed by atoms with van der Waals surface area (Å²) in [4.78, 5) is 28.2. The molecule has 1 aromatic carbocycles. The Kier molecular flexibility index (Phi) is 8.78. The highest BCUT2D eigenvalue weighted by molar-refractivity contribution is 6.31. The van der Waals surface area contributed by atoms with Crippen molar-refractivity contribution >= 4 is 23.2 Å². The SMILES string of the molecule is Cc1cc(C)c(CNC(=O)c2cc(Cl)cc(NC(C)C3CCC(NCC4CCC4)CC3)c2C)c(=O)[nH]1. The van der Waals surface area contributed by atoms with E-state index >= 15 is 0 Å². The lowest BCUT2D eigenvalue weighted by molar-refractivity contribution is 0.0950. The van der Waals surface area contributed by atoms with Crippen molar-refractivity contribution in [2.24, 2.45) is 11.8 Å². The van der Waals surface area contributed by atoms with Crippen molar-refractivity contribution in [3.05, 3.63) is 61.5 Å². The van der Waals surface area contributed by atoms with Crippen molar-refractivity contribution in [2.75, 3.05) is 11.9 Å². The lowest BCUT2D eigenvalue weighted by Crippen LogP contribution is -2.40. The molecule has 4 N–H and O–H groups in total. The number of hydrogen-bond acceptors (Lipinski definition) is 4. The maximum atomic E-state index is 13.1. The van der Waals surface area contributed by atoms with Crippen LogP contribution < -0.4 is 21.5 Å². The molecule has 2 aliphatic rings. The van der Waals surface area contributed by atoms with Crippen LogP contribution in [-0.4, -0.2) is 29.5 Å². The van der Waals surface area contributed by atoms with Gasteiger partial charge in [-0.2, -0.15) is 0 Å². The molecule has 0 radical (unpaired) electrons. The Bertz CT molecular complexity index is 1130. The fourth-order valence-corrected chi connectivity index (χ4v) is 5.86. The second-order valence-electron chi connectivity index (χ2n) is 11.0. The Labute approximate surface area is 220 Å². The zero-order valence-electron chi connectivity index (χ0n) is 22.1. The van der Waals surface area contributed by atoms with Crippen LogP contribution in [0.25, 0.3) is 0 Å². The lowest BCUT2D eigenvalue weighted by atomic mass is 9.81. The van der Waals surface area contributed by atoms with Gasteiger partial charge in [-0.3, -0.25) is 9.59 Å². The number of rotatable bonds is 9. The first-order valence-corrected chi connectivity index (χ1v) is 13.9. The van der Waals surface area contributed by atoms with Gasteiger partial charge in [-0.1, -0.05) is 18.0 Å². The second kappa shape index (κ2) is 11.8. The van der Waals surface area contributed by atoms with Gasteiger partial charge in [0.1, 0.15) is 0 Å². The summed E-state index contributed by atoms with van der Waals surface area (Å²) in [6.45, 7) is 9.28. The fourth-order valence-electron chi connectivity index (χ4n) is 5.65. The molecule has 6 nitrogen and oxygen atoms in total. The highest BCUT2D eigenvalue weighted by Crippen LogP contribution is 2.32. The monoisotopic (exact) mass is 512 g/mol. The number of pyridine rings is 1. The third kappa shape index (κ3) is 6.51. The minimum absolute atomic E-state index is 0.167. The third-order valence-corrected chi connectivity index (χ3v) is 8.54. The number of nitrogens with one attached hydrogen (secondary N) is 4. The Hall–Kier alpha value is -2.31. The van der Waals surface area contributed by atoms with Crippen LogP contribution in [-0.2, 0) is 6.54 Å². The van der Waals surface area contributed by atoms with E-state index < -0.39 is 0 Å². The van der Waals surface area contributed by atoms with Crippen LogP contribution in [0.15, 0.2) is 23.0 Å². The standard InChI is InChI=1S/C29H41ClN4O2/c1-17-12-18(2)33-29(36)26(17)16-32-28(35)25-13-23(30)14-27(19(25)3)34-20(4)22-8-10-24(11-9-22)31-15-21-6-5-7-21/h12-14,20-22,24,31,34H,5-11,15-16H2,1-4H3,(H,32,35)(H,33,36). The van der Waals surface area contributed by atoms with Crippen molar-refractivity contribution in [2.45, 2.75) is 91.3 Å². The Morgan fingerprint density at radius 3 is 2.44 bits per heavy atom. The van der Waals surface area contributed by atoms with Crippen molar-refractivity contribution < 1.29 is 4.79 Å². The summed E-state index contributed by atoms with van der Waals surface area (Å²) < 4.78 is 0. The van der Waals surface area contributed by atoms with E-state index in [9.17, 15) is 9.59 Å². The molecule has 1 unspecified atom stereocenters. The first-order chi connectivity index (χ1) is 17.2. The molecule has 1 heterocycles. The Balaban J connectivity index is 1.35. The van der Waals surface area contributed by atoms with E-state index in [1.165, 1.54) is 51.5 Å². The molecule has 2 fully saturated rings. The number of aryl methyl sites for hydroxylation is 2. The molecular weight excluding hydrogens is 472 g/mol. The van der Waals surface area contributed by atoms with Crippen molar-refractivity contribution in [1.29, 1.82) is 0 Å². The van der Waals surface area contributed by atoms with Crippen molar-refractivity contribution in [3.8, 4) is 0 Å². The molecule has 1 amide bonds. The van der Waals surface area contributed by atoms with Crippen molar-refractivity contribution in [1.82, 2.24) is 15.6 Å². The molecule has 4 rings (SSSR count). The Morgan fingerprint density at radius 1 is 1.08 bits per heavy atom. The summed E-state index contributed by atoms with van der Waals surface area (Å²) in [7, 11) is 0. The van der Waals surface area contributed by atoms with E-state index in [-0.39, 0.29) is 18.0 Å². The first-order valence-electron chi connectivity index (χ1n) is 13.5. The van der Waals surface area contributed by atoms with Crippen LogP contribution in [0.1, 0.15) is 84.6 Å². The van der Waals surface area contributed by atoms with Crippen LogP contribution in [0.5, 0.6) is 0 Å². The largest absolute Gasteiger partial charge is 0.382 e. The van der Waals surface area contributed by atoms with Gasteiger partial charge in [0.15, 0.2) is 0 Å². The van der Waals surface area contributed by atoms with E-state index in [0.29, 0.717) is 34.2 Å². The number of carbonyl (C=O) groups excluding carboxylic acids is 1. The highest BCUT2D eigenvalue weighted by Gasteiger charge is 2.27. The number of benzene rings is 1. The maximum absolute atomic E-state index is 13.1. The minimum Gasteiger partial charge on any atom is -0.382 e. The molecule has 196 valence electrons. The average Bonchev–Trinajstić information content (AvgIpc) is 2.79. The molecule has 2 saturated carbocycles. The predicted octanol–water partition coefficient (Wildman–Crippen LogP) is 5.63. The van der Waals surface area contributed by atoms with E-state index in [1.807, 2.05) is 32.9 Å². The van der Waals surface area contributed by atoms with E-state index in [2.05, 4.69) is 27.9 Å². The van der Waals surface area contributed by atoms with Crippen LogP contribution in [0, 0.1) is 32.6 Å². The van der Waals surface area contributed by atoms with E-state index in [4.69, 9.17) is 11.6 Å².